The number of hydrazone groups is 1. The summed E-state index contributed by atoms with van der Waals surface area (Å²) in [7, 11) is 1.58. The van der Waals surface area contributed by atoms with Crippen LogP contribution in [0.3, 0.4) is 0 Å². The molecule has 7 heteroatoms. The van der Waals surface area contributed by atoms with Gasteiger partial charge >= 0.3 is 0 Å². The molecule has 6 nitrogen and oxygen atoms in total. The van der Waals surface area contributed by atoms with Crippen molar-refractivity contribution in [3.63, 3.8) is 0 Å². The van der Waals surface area contributed by atoms with Crippen molar-refractivity contribution in [2.75, 3.05) is 20.3 Å². The summed E-state index contributed by atoms with van der Waals surface area (Å²) in [6.45, 7) is 5.12. The first-order valence-electron chi connectivity index (χ1n) is 8.65. The van der Waals surface area contributed by atoms with Gasteiger partial charge in [-0.2, -0.15) is 5.10 Å². The zero-order valence-electron chi connectivity index (χ0n) is 15.6. The highest BCUT2D eigenvalue weighted by Gasteiger charge is 2.11. The number of methoxy groups -OCH3 is 1. The van der Waals surface area contributed by atoms with Crippen LogP contribution in [0.1, 0.15) is 36.2 Å². The van der Waals surface area contributed by atoms with Crippen molar-refractivity contribution in [1.82, 2.24) is 5.43 Å². The van der Waals surface area contributed by atoms with Crippen LogP contribution in [-0.2, 0) is 0 Å². The van der Waals surface area contributed by atoms with E-state index in [1.54, 1.807) is 43.7 Å². The van der Waals surface area contributed by atoms with Crippen molar-refractivity contribution in [3.8, 4) is 17.2 Å². The maximum Gasteiger partial charge on any atom is 0.271 e. The molecule has 0 fully saturated rings. The lowest BCUT2D eigenvalue weighted by Gasteiger charge is -2.12. The fourth-order valence-electron chi connectivity index (χ4n) is 2.26. The predicted octanol–water partition coefficient (Wildman–Crippen LogP) is 4.41. The molecule has 0 saturated carbocycles. The largest absolute Gasteiger partial charge is 0.494 e. The van der Waals surface area contributed by atoms with Crippen LogP contribution in [-0.4, -0.2) is 32.4 Å². The van der Waals surface area contributed by atoms with E-state index in [1.165, 1.54) is 0 Å². The second-order valence-electron chi connectivity index (χ2n) is 5.54. The molecule has 0 aromatic heterocycles. The molecule has 0 aliphatic carbocycles. The minimum absolute atomic E-state index is 0.303. The molecule has 0 atom stereocenters. The van der Waals surface area contributed by atoms with Gasteiger partial charge in [-0.25, -0.2) is 5.43 Å². The van der Waals surface area contributed by atoms with E-state index in [0.717, 1.165) is 22.2 Å². The van der Waals surface area contributed by atoms with E-state index in [9.17, 15) is 4.79 Å². The molecule has 144 valence electrons. The maximum absolute atomic E-state index is 12.1. The average Bonchev–Trinajstić information content (AvgIpc) is 2.67. The van der Waals surface area contributed by atoms with Gasteiger partial charge in [0.15, 0.2) is 11.5 Å². The molecule has 0 spiro atoms. The number of benzene rings is 2. The molecule has 0 aliphatic heterocycles. The Morgan fingerprint density at radius 3 is 2.56 bits per heavy atom. The van der Waals surface area contributed by atoms with E-state index in [-0.39, 0.29) is 5.91 Å². The summed E-state index contributed by atoms with van der Waals surface area (Å²) in [5.41, 5.74) is 3.76. The lowest BCUT2D eigenvalue weighted by atomic mass is 10.2. The van der Waals surface area contributed by atoms with Gasteiger partial charge in [0.25, 0.3) is 5.91 Å². The normalized spacial score (nSPS) is 10.7. The van der Waals surface area contributed by atoms with Crippen molar-refractivity contribution in [1.29, 1.82) is 0 Å². The zero-order valence-corrected chi connectivity index (χ0v) is 17.2. The molecule has 0 saturated heterocycles. The third-order valence-electron chi connectivity index (χ3n) is 3.51. The fourth-order valence-corrected chi connectivity index (χ4v) is 2.83. The van der Waals surface area contributed by atoms with Gasteiger partial charge in [0.1, 0.15) is 5.75 Å². The molecular formula is C20H23BrN2O4. The third kappa shape index (κ3) is 5.99. The highest BCUT2D eigenvalue weighted by molar-refractivity contribution is 9.10. The Labute approximate surface area is 167 Å². The van der Waals surface area contributed by atoms with Crippen LogP contribution in [0.5, 0.6) is 17.2 Å². The maximum atomic E-state index is 12.1. The molecular weight excluding hydrogens is 412 g/mol. The van der Waals surface area contributed by atoms with Gasteiger partial charge in [0.05, 0.1) is 31.0 Å². The second-order valence-corrected chi connectivity index (χ2v) is 6.39. The Morgan fingerprint density at radius 1 is 1.19 bits per heavy atom. The van der Waals surface area contributed by atoms with Gasteiger partial charge in [0.2, 0.25) is 0 Å². The van der Waals surface area contributed by atoms with E-state index in [4.69, 9.17) is 14.2 Å². The van der Waals surface area contributed by atoms with Crippen LogP contribution < -0.4 is 19.6 Å². The molecule has 1 amide bonds. The SMILES string of the molecule is CCCOc1c(Br)cc(/C=N\NC(=O)c2ccc(OCC)cc2)cc1OC. The van der Waals surface area contributed by atoms with Gasteiger partial charge in [-0.1, -0.05) is 6.92 Å². The first-order chi connectivity index (χ1) is 13.1. The fraction of sp³-hybridized carbons (Fsp3) is 0.300. The highest BCUT2D eigenvalue weighted by atomic mass is 79.9. The Kier molecular flexibility index (Phi) is 8.13. The summed E-state index contributed by atoms with van der Waals surface area (Å²) >= 11 is 3.48. The predicted molar refractivity (Wildman–Crippen MR) is 109 cm³/mol. The first-order valence-corrected chi connectivity index (χ1v) is 9.44. The summed E-state index contributed by atoms with van der Waals surface area (Å²) in [6, 6.07) is 10.5. The number of halogens is 1. The molecule has 0 radical (unpaired) electrons. The van der Waals surface area contributed by atoms with Gasteiger partial charge in [0, 0.05) is 5.56 Å². The van der Waals surface area contributed by atoms with E-state index >= 15 is 0 Å². The molecule has 0 unspecified atom stereocenters. The lowest BCUT2D eigenvalue weighted by molar-refractivity contribution is 0.0955. The minimum atomic E-state index is -0.303. The van der Waals surface area contributed by atoms with E-state index in [1.807, 2.05) is 19.9 Å². The monoisotopic (exact) mass is 434 g/mol. The number of hydrogen-bond donors (Lipinski definition) is 1. The smallest absolute Gasteiger partial charge is 0.271 e. The molecule has 0 heterocycles. The van der Waals surface area contributed by atoms with Crippen LogP contribution in [0, 0.1) is 0 Å². The third-order valence-corrected chi connectivity index (χ3v) is 4.10. The molecule has 0 bridgehead atoms. The number of nitrogens with one attached hydrogen (secondary N) is 1. The van der Waals surface area contributed by atoms with Crippen molar-refractivity contribution >= 4 is 28.1 Å². The van der Waals surface area contributed by atoms with E-state index < -0.39 is 0 Å². The molecule has 2 rings (SSSR count). The van der Waals surface area contributed by atoms with Crippen LogP contribution in [0.15, 0.2) is 46.0 Å². The number of rotatable bonds is 9. The number of carbonyl (C=O) groups is 1. The van der Waals surface area contributed by atoms with Crippen LogP contribution in [0.2, 0.25) is 0 Å². The molecule has 1 N–H and O–H groups in total. The second kappa shape index (κ2) is 10.6. The van der Waals surface area contributed by atoms with Crippen molar-refractivity contribution < 1.29 is 19.0 Å². The quantitative estimate of drug-likeness (QED) is 0.468. The summed E-state index contributed by atoms with van der Waals surface area (Å²) in [5.74, 6) is 1.66. The summed E-state index contributed by atoms with van der Waals surface area (Å²) in [4.78, 5) is 12.1. The van der Waals surface area contributed by atoms with Crippen molar-refractivity contribution in [3.05, 3.63) is 52.0 Å². The minimum Gasteiger partial charge on any atom is -0.494 e. The Bertz CT molecular complexity index is 791. The van der Waals surface area contributed by atoms with Crippen LogP contribution >= 0.6 is 15.9 Å². The lowest BCUT2D eigenvalue weighted by Crippen LogP contribution is -2.17. The number of amides is 1. The number of hydrogen-bond acceptors (Lipinski definition) is 5. The summed E-state index contributed by atoms with van der Waals surface area (Å²) in [6.07, 6.45) is 2.44. The highest BCUT2D eigenvalue weighted by Crippen LogP contribution is 2.36. The van der Waals surface area contributed by atoms with Crippen LogP contribution in [0.4, 0.5) is 0 Å². The van der Waals surface area contributed by atoms with Gasteiger partial charge in [-0.15, -0.1) is 0 Å². The standard InChI is InChI=1S/C20H23BrN2O4/c1-4-10-27-19-17(21)11-14(12-18(19)25-3)13-22-23-20(24)15-6-8-16(9-7-15)26-5-2/h6-9,11-13H,4-5,10H2,1-3H3,(H,23,24)/b22-13-. The molecule has 0 aliphatic rings. The molecule has 2 aromatic carbocycles. The Hall–Kier alpha value is -2.54. The van der Waals surface area contributed by atoms with E-state index in [0.29, 0.717) is 30.3 Å². The van der Waals surface area contributed by atoms with Crippen molar-refractivity contribution in [2.24, 2.45) is 5.10 Å². The molecule has 2 aromatic rings. The zero-order chi connectivity index (χ0) is 19.6. The Morgan fingerprint density at radius 2 is 1.93 bits per heavy atom. The number of ether oxygens (including phenoxy) is 3. The van der Waals surface area contributed by atoms with Crippen LogP contribution in [0.25, 0.3) is 0 Å². The summed E-state index contributed by atoms with van der Waals surface area (Å²) < 4.78 is 17.2. The van der Waals surface area contributed by atoms with Crippen molar-refractivity contribution in [2.45, 2.75) is 20.3 Å². The first kappa shape index (κ1) is 20.8. The van der Waals surface area contributed by atoms with Gasteiger partial charge in [-0.3, -0.25) is 4.79 Å². The number of carbonyl (C=O) groups excluding carboxylic acids is 1. The van der Waals surface area contributed by atoms with Gasteiger partial charge in [-0.05, 0) is 71.2 Å². The topological polar surface area (TPSA) is 69.2 Å². The Balaban J connectivity index is 2.04. The average molecular weight is 435 g/mol. The van der Waals surface area contributed by atoms with E-state index in [2.05, 4.69) is 26.5 Å². The summed E-state index contributed by atoms with van der Waals surface area (Å²) in [5, 5.41) is 4.01. The number of nitrogens with zero attached hydrogens (tertiary/aromatic N) is 1. The molecule has 27 heavy (non-hydrogen) atoms. The van der Waals surface area contributed by atoms with Gasteiger partial charge < -0.3 is 14.2 Å².